The van der Waals surface area contributed by atoms with E-state index >= 15 is 0 Å². The van der Waals surface area contributed by atoms with Gasteiger partial charge in [-0.05, 0) is 49.4 Å². The Morgan fingerprint density at radius 3 is 2.62 bits per heavy atom. The van der Waals surface area contributed by atoms with Crippen LogP contribution in [0.25, 0.3) is 0 Å². The van der Waals surface area contributed by atoms with Crippen LogP contribution in [-0.2, 0) is 14.6 Å². The predicted molar refractivity (Wildman–Crippen MR) is 94.9 cm³/mol. The summed E-state index contributed by atoms with van der Waals surface area (Å²) >= 11 is 0. The summed E-state index contributed by atoms with van der Waals surface area (Å²) in [6, 6.07) is 10.4. The van der Waals surface area contributed by atoms with Gasteiger partial charge in [0, 0.05) is 11.6 Å². The van der Waals surface area contributed by atoms with Crippen molar-refractivity contribution >= 4 is 16.2 Å². The van der Waals surface area contributed by atoms with Gasteiger partial charge in [0.15, 0.2) is 5.37 Å². The van der Waals surface area contributed by atoms with E-state index in [0.717, 1.165) is 18.9 Å². The Hall–Kier alpha value is -2.41. The summed E-state index contributed by atoms with van der Waals surface area (Å²) in [7, 11) is -4.02. The number of carbonyl (C=O) groups is 1. The topological polar surface area (TPSA) is 72.5 Å². The summed E-state index contributed by atoms with van der Waals surface area (Å²) in [6.45, 7) is 2.17. The number of halogens is 1. The summed E-state index contributed by atoms with van der Waals surface area (Å²) in [5.74, 6) is 0.120. The van der Waals surface area contributed by atoms with Crippen LogP contribution < -0.4 is 10.1 Å². The van der Waals surface area contributed by atoms with Crippen LogP contribution in [0.1, 0.15) is 29.3 Å². The minimum atomic E-state index is -4.02. The Labute approximate surface area is 152 Å². The number of benzene rings is 2. The molecule has 0 aromatic heterocycles. The minimum absolute atomic E-state index is 0.0489. The van der Waals surface area contributed by atoms with Crippen molar-refractivity contribution in [3.63, 3.8) is 0 Å². The van der Waals surface area contributed by atoms with E-state index in [9.17, 15) is 17.6 Å². The Kier molecular flexibility index (Phi) is 5.27. The van der Waals surface area contributed by atoms with E-state index in [1.807, 2.05) is 0 Å². The second-order valence-corrected chi connectivity index (χ2v) is 8.41. The summed E-state index contributed by atoms with van der Waals surface area (Å²) in [5, 5.41) is 0.721. The second kappa shape index (κ2) is 7.45. The lowest BCUT2D eigenvalue weighted by molar-refractivity contribution is -0.109. The van der Waals surface area contributed by atoms with Crippen molar-refractivity contribution in [2.75, 3.05) is 6.61 Å². The highest BCUT2D eigenvalue weighted by molar-refractivity contribution is 7.91. The van der Waals surface area contributed by atoms with Crippen LogP contribution >= 0.6 is 0 Å². The molecule has 3 rings (SSSR count). The van der Waals surface area contributed by atoms with Crippen molar-refractivity contribution in [3.05, 3.63) is 59.4 Å². The van der Waals surface area contributed by atoms with Crippen LogP contribution in [0.4, 0.5) is 4.39 Å². The first kappa shape index (κ1) is 18.4. The molecule has 0 saturated heterocycles. The molecular weight excluding hydrogens is 357 g/mol. The Balaban J connectivity index is 1.94. The maximum absolute atomic E-state index is 14.6. The third-order valence-electron chi connectivity index (χ3n) is 4.37. The molecule has 1 aliphatic rings. The molecule has 1 aliphatic carbocycles. The third-order valence-corrected chi connectivity index (χ3v) is 6.45. The molecule has 2 aromatic carbocycles. The van der Waals surface area contributed by atoms with E-state index in [0.29, 0.717) is 23.8 Å². The van der Waals surface area contributed by atoms with Crippen LogP contribution in [0.3, 0.4) is 0 Å². The Bertz CT molecular complexity index is 910. The van der Waals surface area contributed by atoms with Crippen molar-refractivity contribution in [1.82, 2.24) is 5.32 Å². The van der Waals surface area contributed by atoms with Gasteiger partial charge in [0.25, 0.3) is 0 Å². The summed E-state index contributed by atoms with van der Waals surface area (Å²) in [4.78, 5) is 11.0. The van der Waals surface area contributed by atoms with Crippen LogP contribution in [0.2, 0.25) is 0 Å². The fraction of sp³-hybridized carbons (Fsp3) is 0.316. The molecule has 1 N–H and O–H groups in total. The molecule has 26 heavy (non-hydrogen) atoms. The van der Waals surface area contributed by atoms with E-state index < -0.39 is 21.0 Å². The van der Waals surface area contributed by atoms with Gasteiger partial charge in [0.05, 0.1) is 11.5 Å². The fourth-order valence-corrected chi connectivity index (χ4v) is 4.52. The van der Waals surface area contributed by atoms with Crippen LogP contribution in [0, 0.1) is 18.7 Å². The van der Waals surface area contributed by atoms with Gasteiger partial charge in [-0.25, -0.2) is 12.8 Å². The van der Waals surface area contributed by atoms with Gasteiger partial charge in [-0.3, -0.25) is 4.79 Å². The average Bonchev–Trinajstić information content (AvgIpc) is 3.43. The first-order chi connectivity index (χ1) is 12.4. The molecule has 1 amide bonds. The van der Waals surface area contributed by atoms with Crippen molar-refractivity contribution in [3.8, 4) is 5.75 Å². The Morgan fingerprint density at radius 1 is 1.27 bits per heavy atom. The first-order valence-corrected chi connectivity index (χ1v) is 9.89. The molecule has 1 atom stereocenters. The number of aryl methyl sites for hydroxylation is 1. The summed E-state index contributed by atoms with van der Waals surface area (Å²) < 4.78 is 46.1. The lowest BCUT2D eigenvalue weighted by Crippen LogP contribution is -2.29. The molecule has 0 bridgehead atoms. The minimum Gasteiger partial charge on any atom is -0.493 e. The first-order valence-electron chi connectivity index (χ1n) is 8.35. The highest BCUT2D eigenvalue weighted by Gasteiger charge is 2.32. The van der Waals surface area contributed by atoms with E-state index in [4.69, 9.17) is 4.74 Å². The van der Waals surface area contributed by atoms with Gasteiger partial charge < -0.3 is 10.1 Å². The van der Waals surface area contributed by atoms with Crippen molar-refractivity contribution in [2.24, 2.45) is 5.92 Å². The lowest BCUT2D eigenvalue weighted by Gasteiger charge is -2.19. The van der Waals surface area contributed by atoms with Crippen LogP contribution in [-0.4, -0.2) is 21.4 Å². The SMILES string of the molecule is Cc1ccccc1S(=O)(=O)C(NC=O)c1ccc(OCC2CC2)cc1F. The molecule has 7 heteroatoms. The molecule has 138 valence electrons. The highest BCUT2D eigenvalue weighted by atomic mass is 32.2. The largest absolute Gasteiger partial charge is 0.493 e. The zero-order valence-electron chi connectivity index (χ0n) is 14.3. The van der Waals surface area contributed by atoms with E-state index in [-0.39, 0.29) is 16.9 Å². The van der Waals surface area contributed by atoms with Gasteiger partial charge >= 0.3 is 0 Å². The molecule has 0 heterocycles. The molecule has 5 nitrogen and oxygen atoms in total. The maximum Gasteiger partial charge on any atom is 0.208 e. The normalized spacial score (nSPS) is 15.3. The molecule has 2 aromatic rings. The number of ether oxygens (including phenoxy) is 1. The monoisotopic (exact) mass is 377 g/mol. The van der Waals surface area contributed by atoms with E-state index in [2.05, 4.69) is 5.32 Å². The smallest absolute Gasteiger partial charge is 0.208 e. The second-order valence-electron chi connectivity index (χ2n) is 6.41. The van der Waals surface area contributed by atoms with Crippen LogP contribution in [0.15, 0.2) is 47.4 Å². The lowest BCUT2D eigenvalue weighted by atomic mass is 10.2. The standard InChI is InChI=1S/C19H20FNO4S/c1-13-4-2-3-5-18(13)26(23,24)19(21-12-22)16-9-8-15(10-17(16)20)25-11-14-6-7-14/h2-5,8-10,12,14,19H,6-7,11H2,1H3,(H,21,22). The highest BCUT2D eigenvalue weighted by Crippen LogP contribution is 2.33. The molecule has 0 aliphatic heterocycles. The van der Waals surface area contributed by atoms with Crippen molar-refractivity contribution in [2.45, 2.75) is 30.0 Å². The summed E-state index contributed by atoms with van der Waals surface area (Å²) in [6.07, 6.45) is 2.48. The van der Waals surface area contributed by atoms with Gasteiger partial charge in [-0.2, -0.15) is 0 Å². The molecule has 1 unspecified atom stereocenters. The van der Waals surface area contributed by atoms with E-state index in [1.54, 1.807) is 25.1 Å². The number of carbonyl (C=O) groups excluding carboxylic acids is 1. The quantitative estimate of drug-likeness (QED) is 0.718. The van der Waals surface area contributed by atoms with Gasteiger partial charge in [0.1, 0.15) is 11.6 Å². The Morgan fingerprint density at radius 2 is 2.00 bits per heavy atom. The zero-order chi connectivity index (χ0) is 18.7. The molecular formula is C19H20FNO4S. The average molecular weight is 377 g/mol. The van der Waals surface area contributed by atoms with Gasteiger partial charge in [-0.15, -0.1) is 0 Å². The van der Waals surface area contributed by atoms with E-state index in [1.165, 1.54) is 18.2 Å². The number of hydrogen-bond donors (Lipinski definition) is 1. The fourth-order valence-electron chi connectivity index (χ4n) is 2.72. The number of amides is 1. The summed E-state index contributed by atoms with van der Waals surface area (Å²) in [5.41, 5.74) is 0.397. The van der Waals surface area contributed by atoms with Crippen LogP contribution in [0.5, 0.6) is 5.75 Å². The molecule has 1 saturated carbocycles. The zero-order valence-corrected chi connectivity index (χ0v) is 15.1. The van der Waals surface area contributed by atoms with Gasteiger partial charge in [0.2, 0.25) is 16.2 Å². The molecule has 1 fully saturated rings. The third kappa shape index (κ3) is 3.88. The number of rotatable bonds is 8. The maximum atomic E-state index is 14.6. The number of sulfone groups is 1. The number of hydrogen-bond acceptors (Lipinski definition) is 4. The number of nitrogens with one attached hydrogen (secondary N) is 1. The predicted octanol–water partition coefficient (Wildman–Crippen LogP) is 3.14. The molecule has 0 radical (unpaired) electrons. The van der Waals surface area contributed by atoms with Crippen molar-refractivity contribution < 1.29 is 22.3 Å². The molecule has 0 spiro atoms. The van der Waals surface area contributed by atoms with Gasteiger partial charge in [-0.1, -0.05) is 18.2 Å². The van der Waals surface area contributed by atoms with Crippen molar-refractivity contribution in [1.29, 1.82) is 0 Å².